The SMILES string of the molecule is CCC(=O)Oc1ccnc(-c2ccc(C(F)(F)F)cc2)c1. The molecule has 2 rings (SSSR count). The van der Waals surface area contributed by atoms with Gasteiger partial charge in [0.1, 0.15) is 5.75 Å². The van der Waals surface area contributed by atoms with E-state index in [1.165, 1.54) is 30.5 Å². The zero-order chi connectivity index (χ0) is 15.5. The molecule has 0 aliphatic carbocycles. The Morgan fingerprint density at radius 3 is 2.43 bits per heavy atom. The Hall–Kier alpha value is -2.37. The van der Waals surface area contributed by atoms with Crippen molar-refractivity contribution in [3.63, 3.8) is 0 Å². The molecule has 1 aromatic heterocycles. The molecule has 0 atom stereocenters. The zero-order valence-electron chi connectivity index (χ0n) is 11.1. The smallest absolute Gasteiger partial charge is 0.416 e. The third-order valence-corrected chi connectivity index (χ3v) is 2.76. The van der Waals surface area contributed by atoms with E-state index in [1.54, 1.807) is 6.92 Å². The largest absolute Gasteiger partial charge is 0.426 e. The average Bonchev–Trinajstić information content (AvgIpc) is 2.46. The molecular formula is C15H12F3NO2. The Bertz CT molecular complexity index is 636. The van der Waals surface area contributed by atoms with Gasteiger partial charge >= 0.3 is 12.1 Å². The monoisotopic (exact) mass is 295 g/mol. The van der Waals surface area contributed by atoms with Crippen molar-refractivity contribution in [3.05, 3.63) is 48.2 Å². The van der Waals surface area contributed by atoms with Gasteiger partial charge in [-0.15, -0.1) is 0 Å². The highest BCUT2D eigenvalue weighted by Crippen LogP contribution is 2.31. The van der Waals surface area contributed by atoms with E-state index >= 15 is 0 Å². The van der Waals surface area contributed by atoms with E-state index in [0.717, 1.165) is 12.1 Å². The lowest BCUT2D eigenvalue weighted by Gasteiger charge is -2.08. The molecule has 1 aromatic carbocycles. The molecule has 1 heterocycles. The van der Waals surface area contributed by atoms with Crippen LogP contribution in [0.25, 0.3) is 11.3 Å². The highest BCUT2D eigenvalue weighted by atomic mass is 19.4. The van der Waals surface area contributed by atoms with E-state index in [-0.39, 0.29) is 12.4 Å². The first-order valence-electron chi connectivity index (χ1n) is 6.24. The number of carbonyl (C=O) groups excluding carboxylic acids is 1. The van der Waals surface area contributed by atoms with E-state index in [1.807, 2.05) is 0 Å². The summed E-state index contributed by atoms with van der Waals surface area (Å²) in [6, 6.07) is 7.66. The fraction of sp³-hybridized carbons (Fsp3) is 0.200. The highest BCUT2D eigenvalue weighted by Gasteiger charge is 2.30. The number of benzene rings is 1. The summed E-state index contributed by atoms with van der Waals surface area (Å²) in [6.07, 6.45) is -2.70. The summed E-state index contributed by atoms with van der Waals surface area (Å²) in [6.45, 7) is 1.67. The number of aromatic nitrogens is 1. The fourth-order valence-electron chi connectivity index (χ4n) is 1.67. The van der Waals surface area contributed by atoms with E-state index in [0.29, 0.717) is 17.0 Å². The van der Waals surface area contributed by atoms with E-state index in [4.69, 9.17) is 4.74 Å². The Morgan fingerprint density at radius 2 is 1.86 bits per heavy atom. The van der Waals surface area contributed by atoms with Crippen molar-refractivity contribution in [1.82, 2.24) is 4.98 Å². The molecule has 2 aromatic rings. The molecule has 21 heavy (non-hydrogen) atoms. The van der Waals surface area contributed by atoms with Gasteiger partial charge in [0.15, 0.2) is 0 Å². The van der Waals surface area contributed by atoms with Gasteiger partial charge in [-0.05, 0) is 18.2 Å². The van der Waals surface area contributed by atoms with Crippen molar-refractivity contribution >= 4 is 5.97 Å². The molecule has 0 saturated carbocycles. The summed E-state index contributed by atoms with van der Waals surface area (Å²) in [4.78, 5) is 15.3. The molecule has 0 N–H and O–H groups in total. The number of hydrogen-bond donors (Lipinski definition) is 0. The van der Waals surface area contributed by atoms with E-state index < -0.39 is 11.7 Å². The van der Waals surface area contributed by atoms with Crippen LogP contribution in [0.15, 0.2) is 42.6 Å². The summed E-state index contributed by atoms with van der Waals surface area (Å²) in [5.74, 6) is -0.0775. The molecule has 0 fully saturated rings. The molecular weight excluding hydrogens is 283 g/mol. The fourth-order valence-corrected chi connectivity index (χ4v) is 1.67. The van der Waals surface area contributed by atoms with Crippen molar-refractivity contribution in [2.24, 2.45) is 0 Å². The normalized spacial score (nSPS) is 11.2. The van der Waals surface area contributed by atoms with Crippen LogP contribution in [0.1, 0.15) is 18.9 Å². The van der Waals surface area contributed by atoms with Crippen LogP contribution in [0.4, 0.5) is 13.2 Å². The Labute approximate surface area is 119 Å². The number of hydrogen-bond acceptors (Lipinski definition) is 3. The van der Waals surface area contributed by atoms with Gasteiger partial charge in [-0.25, -0.2) is 0 Å². The lowest BCUT2D eigenvalue weighted by molar-refractivity contribution is -0.137. The number of rotatable bonds is 3. The second-order valence-corrected chi connectivity index (χ2v) is 4.28. The van der Waals surface area contributed by atoms with Gasteiger partial charge in [0.2, 0.25) is 0 Å². The van der Waals surface area contributed by atoms with Crippen molar-refractivity contribution in [2.75, 3.05) is 0 Å². The number of pyridine rings is 1. The second-order valence-electron chi connectivity index (χ2n) is 4.28. The van der Waals surface area contributed by atoms with E-state index in [9.17, 15) is 18.0 Å². The topological polar surface area (TPSA) is 39.2 Å². The molecule has 0 amide bonds. The summed E-state index contributed by atoms with van der Waals surface area (Å²) >= 11 is 0. The summed E-state index contributed by atoms with van der Waals surface area (Å²) in [7, 11) is 0. The van der Waals surface area contributed by atoms with Gasteiger partial charge in [0, 0.05) is 24.2 Å². The maximum absolute atomic E-state index is 12.5. The van der Waals surface area contributed by atoms with Crippen molar-refractivity contribution in [3.8, 4) is 17.0 Å². The minimum Gasteiger partial charge on any atom is -0.426 e. The van der Waals surface area contributed by atoms with Crippen LogP contribution in [-0.4, -0.2) is 11.0 Å². The molecule has 0 unspecified atom stereocenters. The third-order valence-electron chi connectivity index (χ3n) is 2.76. The quantitative estimate of drug-likeness (QED) is 0.801. The molecule has 110 valence electrons. The van der Waals surface area contributed by atoms with Crippen molar-refractivity contribution < 1.29 is 22.7 Å². The number of alkyl halides is 3. The first-order chi connectivity index (χ1) is 9.90. The Morgan fingerprint density at radius 1 is 1.19 bits per heavy atom. The zero-order valence-corrected chi connectivity index (χ0v) is 11.1. The second kappa shape index (κ2) is 5.95. The first-order valence-corrected chi connectivity index (χ1v) is 6.24. The van der Waals surface area contributed by atoms with Gasteiger partial charge in [-0.3, -0.25) is 9.78 Å². The molecule has 0 saturated heterocycles. The average molecular weight is 295 g/mol. The standard InChI is InChI=1S/C15H12F3NO2/c1-2-14(20)21-12-7-8-19-13(9-12)10-3-5-11(6-4-10)15(16,17)18/h3-9H,2H2,1H3. The Balaban J connectivity index is 2.26. The highest BCUT2D eigenvalue weighted by molar-refractivity contribution is 5.72. The molecule has 3 nitrogen and oxygen atoms in total. The molecule has 0 aliphatic heterocycles. The molecule has 0 radical (unpaired) electrons. The number of halogens is 3. The van der Waals surface area contributed by atoms with Crippen LogP contribution in [0.3, 0.4) is 0 Å². The van der Waals surface area contributed by atoms with Crippen molar-refractivity contribution in [2.45, 2.75) is 19.5 Å². The maximum Gasteiger partial charge on any atom is 0.416 e. The molecule has 6 heteroatoms. The number of carbonyl (C=O) groups is 1. The van der Waals surface area contributed by atoms with Gasteiger partial charge in [0.05, 0.1) is 11.3 Å². The minimum absolute atomic E-state index is 0.234. The summed E-state index contributed by atoms with van der Waals surface area (Å²) in [5.41, 5.74) is 0.224. The third kappa shape index (κ3) is 3.81. The van der Waals surface area contributed by atoms with E-state index in [2.05, 4.69) is 4.98 Å². The predicted octanol–water partition coefficient (Wildman–Crippen LogP) is 4.08. The summed E-state index contributed by atoms with van der Waals surface area (Å²) in [5, 5.41) is 0. The maximum atomic E-state index is 12.5. The molecule has 0 aliphatic rings. The van der Waals surface area contributed by atoms with Crippen LogP contribution >= 0.6 is 0 Å². The first kappa shape index (κ1) is 15.0. The lowest BCUT2D eigenvalue weighted by atomic mass is 10.1. The number of nitrogens with zero attached hydrogens (tertiary/aromatic N) is 1. The predicted molar refractivity (Wildman–Crippen MR) is 70.6 cm³/mol. The van der Waals surface area contributed by atoms with Crippen LogP contribution in [0.2, 0.25) is 0 Å². The minimum atomic E-state index is -4.37. The van der Waals surface area contributed by atoms with Crippen LogP contribution < -0.4 is 4.74 Å². The van der Waals surface area contributed by atoms with Gasteiger partial charge in [-0.1, -0.05) is 19.1 Å². The number of ether oxygens (including phenoxy) is 1. The molecule has 0 spiro atoms. The van der Waals surface area contributed by atoms with Gasteiger partial charge in [-0.2, -0.15) is 13.2 Å². The van der Waals surface area contributed by atoms with Crippen molar-refractivity contribution in [1.29, 1.82) is 0 Å². The molecule has 0 bridgehead atoms. The van der Waals surface area contributed by atoms with Gasteiger partial charge in [0.25, 0.3) is 0 Å². The van der Waals surface area contributed by atoms with Crippen LogP contribution in [0.5, 0.6) is 5.75 Å². The summed E-state index contributed by atoms with van der Waals surface area (Å²) < 4.78 is 42.5. The lowest BCUT2D eigenvalue weighted by Crippen LogP contribution is -2.05. The van der Waals surface area contributed by atoms with Gasteiger partial charge < -0.3 is 4.74 Å². The van der Waals surface area contributed by atoms with Crippen LogP contribution in [0, 0.1) is 0 Å². The Kier molecular flexibility index (Phi) is 4.26. The number of esters is 1. The van der Waals surface area contributed by atoms with Crippen LogP contribution in [-0.2, 0) is 11.0 Å².